The Bertz CT molecular complexity index is 1760. The summed E-state index contributed by atoms with van der Waals surface area (Å²) in [6.07, 6.45) is 2.20. The number of hydrogen-bond acceptors (Lipinski definition) is 0. The normalized spacial score (nSPS) is 12.5. The highest BCUT2D eigenvalue weighted by molar-refractivity contribution is 6.29. The van der Waals surface area contributed by atoms with Crippen molar-refractivity contribution in [2.24, 2.45) is 7.05 Å². The summed E-state index contributed by atoms with van der Waals surface area (Å²) in [5.74, 6) is 0. The number of fused-ring (bicyclic) bond motifs is 7. The average Bonchev–Trinajstić information content (AvgIpc) is 3.08. The SMILES string of the molecule is Cc1ccc2c3ccccc3n3c2c1c1c2c(cc[n+]1C)cc1ccccc1c23. The van der Waals surface area contributed by atoms with E-state index in [1.165, 1.54) is 65.3 Å². The van der Waals surface area contributed by atoms with Crippen LogP contribution < -0.4 is 4.57 Å². The number of para-hydroxylation sites is 1. The molecule has 0 amide bonds. The van der Waals surface area contributed by atoms with Crippen molar-refractivity contribution in [3.8, 4) is 0 Å². The van der Waals surface area contributed by atoms with Gasteiger partial charge in [0, 0.05) is 22.2 Å². The van der Waals surface area contributed by atoms with E-state index in [1.807, 2.05) is 0 Å². The van der Waals surface area contributed by atoms with Crippen molar-refractivity contribution in [3.63, 3.8) is 0 Å². The topological polar surface area (TPSA) is 8.29 Å². The maximum Gasteiger partial charge on any atom is 0.224 e. The Kier molecular flexibility index (Phi) is 2.66. The Morgan fingerprint density at radius 1 is 0.690 bits per heavy atom. The quantitative estimate of drug-likeness (QED) is 0.169. The molecule has 0 saturated carbocycles. The lowest BCUT2D eigenvalue weighted by Gasteiger charge is -2.15. The van der Waals surface area contributed by atoms with Crippen molar-refractivity contribution in [2.75, 3.05) is 0 Å². The number of rotatable bonds is 0. The zero-order valence-corrected chi connectivity index (χ0v) is 16.4. The van der Waals surface area contributed by atoms with Crippen LogP contribution in [-0.2, 0) is 7.05 Å². The molecule has 3 aromatic heterocycles. The van der Waals surface area contributed by atoms with Crippen LogP contribution in [0.2, 0.25) is 0 Å². The fourth-order valence-corrected chi connectivity index (χ4v) is 5.40. The fourth-order valence-electron chi connectivity index (χ4n) is 5.40. The van der Waals surface area contributed by atoms with Gasteiger partial charge >= 0.3 is 0 Å². The molecule has 7 rings (SSSR count). The maximum absolute atomic E-state index is 2.52. The standard InChI is InChI=1S/C27H19N2/c1-16-11-12-21-20-9-5-6-10-22(20)29-25-19-8-4-3-7-17(19)15-18-13-14-28(2)27(24(18)25)23(16)26(21)29/h3-15H,1-2H3/q+1. The lowest BCUT2D eigenvalue weighted by atomic mass is 9.96. The second kappa shape index (κ2) is 5.03. The highest BCUT2D eigenvalue weighted by atomic mass is 15.0. The van der Waals surface area contributed by atoms with Crippen molar-refractivity contribution < 1.29 is 4.57 Å². The van der Waals surface area contributed by atoms with E-state index in [2.05, 4.69) is 102 Å². The van der Waals surface area contributed by atoms with E-state index in [9.17, 15) is 0 Å². The zero-order chi connectivity index (χ0) is 19.3. The summed E-state index contributed by atoms with van der Waals surface area (Å²) in [5.41, 5.74) is 6.57. The van der Waals surface area contributed by atoms with Crippen LogP contribution in [0.25, 0.3) is 59.8 Å². The molecule has 0 aliphatic heterocycles. The third kappa shape index (κ3) is 1.71. The summed E-state index contributed by atoms with van der Waals surface area (Å²) < 4.78 is 4.81. The summed E-state index contributed by atoms with van der Waals surface area (Å²) >= 11 is 0. The van der Waals surface area contributed by atoms with Gasteiger partial charge in [-0.05, 0) is 35.4 Å². The van der Waals surface area contributed by atoms with Gasteiger partial charge in [-0.3, -0.25) is 0 Å². The second-order valence-electron chi connectivity index (χ2n) is 8.19. The van der Waals surface area contributed by atoms with Crippen LogP contribution in [0.1, 0.15) is 5.56 Å². The van der Waals surface area contributed by atoms with Gasteiger partial charge < -0.3 is 4.40 Å². The predicted molar refractivity (Wildman–Crippen MR) is 122 cm³/mol. The number of benzene rings is 4. The van der Waals surface area contributed by atoms with Gasteiger partial charge in [0.1, 0.15) is 7.05 Å². The van der Waals surface area contributed by atoms with Crippen LogP contribution in [-0.4, -0.2) is 4.40 Å². The molecule has 0 bridgehead atoms. The van der Waals surface area contributed by atoms with E-state index in [0.29, 0.717) is 0 Å². The van der Waals surface area contributed by atoms with Gasteiger partial charge in [0.25, 0.3) is 0 Å². The van der Waals surface area contributed by atoms with Crippen LogP contribution in [0.5, 0.6) is 0 Å². The molecule has 0 unspecified atom stereocenters. The molecule has 0 atom stereocenters. The molecule has 0 fully saturated rings. The fraction of sp³-hybridized carbons (Fsp3) is 0.0741. The summed E-state index contributed by atoms with van der Waals surface area (Å²) in [6, 6.07) is 26.8. The van der Waals surface area contributed by atoms with Gasteiger partial charge in [0.15, 0.2) is 6.20 Å². The first-order valence-electron chi connectivity index (χ1n) is 10.1. The molecule has 0 N–H and O–H groups in total. The monoisotopic (exact) mass is 371 g/mol. The molecule has 0 aliphatic rings. The molecule has 2 nitrogen and oxygen atoms in total. The summed E-state index contributed by atoms with van der Waals surface area (Å²) in [6.45, 7) is 2.24. The highest BCUT2D eigenvalue weighted by Gasteiger charge is 2.24. The van der Waals surface area contributed by atoms with Gasteiger partial charge in [-0.2, -0.15) is 0 Å². The molecule has 2 heteroatoms. The Morgan fingerprint density at radius 2 is 1.45 bits per heavy atom. The van der Waals surface area contributed by atoms with Crippen molar-refractivity contribution >= 4 is 59.8 Å². The van der Waals surface area contributed by atoms with Gasteiger partial charge in [0.2, 0.25) is 5.52 Å². The van der Waals surface area contributed by atoms with E-state index < -0.39 is 0 Å². The van der Waals surface area contributed by atoms with Crippen molar-refractivity contribution in [3.05, 3.63) is 84.6 Å². The maximum atomic E-state index is 2.52. The Labute approximate surface area is 167 Å². The molecule has 136 valence electrons. The molecule has 29 heavy (non-hydrogen) atoms. The Hall–Kier alpha value is -3.65. The minimum atomic E-state index is 1.28. The molecular formula is C27H19N2+. The molecule has 4 aromatic carbocycles. The van der Waals surface area contributed by atoms with Gasteiger partial charge in [-0.25, -0.2) is 4.57 Å². The van der Waals surface area contributed by atoms with Crippen molar-refractivity contribution in [2.45, 2.75) is 6.92 Å². The van der Waals surface area contributed by atoms with Crippen LogP contribution in [0.4, 0.5) is 0 Å². The second-order valence-corrected chi connectivity index (χ2v) is 8.19. The van der Waals surface area contributed by atoms with E-state index in [4.69, 9.17) is 0 Å². The Morgan fingerprint density at radius 3 is 2.34 bits per heavy atom. The number of pyridine rings is 2. The van der Waals surface area contributed by atoms with Gasteiger partial charge in [-0.15, -0.1) is 0 Å². The molecule has 0 radical (unpaired) electrons. The number of nitrogens with zero attached hydrogens (tertiary/aromatic N) is 2. The minimum absolute atomic E-state index is 1.28. The zero-order valence-electron chi connectivity index (χ0n) is 16.4. The van der Waals surface area contributed by atoms with Crippen molar-refractivity contribution in [1.82, 2.24) is 4.40 Å². The number of aryl methyl sites for hydroxylation is 2. The number of aromatic nitrogens is 2. The molecule has 7 aromatic rings. The first-order valence-corrected chi connectivity index (χ1v) is 10.1. The predicted octanol–water partition coefficient (Wildman–Crippen LogP) is 6.28. The smallest absolute Gasteiger partial charge is 0.224 e. The molecule has 3 heterocycles. The van der Waals surface area contributed by atoms with Gasteiger partial charge in [-0.1, -0.05) is 54.6 Å². The van der Waals surface area contributed by atoms with Gasteiger partial charge in [0.05, 0.1) is 27.3 Å². The van der Waals surface area contributed by atoms with Crippen LogP contribution in [0, 0.1) is 6.92 Å². The lowest BCUT2D eigenvalue weighted by molar-refractivity contribution is -0.643. The third-order valence-corrected chi connectivity index (χ3v) is 6.63. The first-order chi connectivity index (χ1) is 14.2. The summed E-state index contributed by atoms with van der Waals surface area (Å²) in [4.78, 5) is 0. The highest BCUT2D eigenvalue weighted by Crippen LogP contribution is 2.42. The molecule has 0 saturated heterocycles. The summed E-state index contributed by atoms with van der Waals surface area (Å²) in [7, 11) is 2.17. The third-order valence-electron chi connectivity index (χ3n) is 6.63. The van der Waals surface area contributed by atoms with E-state index in [-0.39, 0.29) is 0 Å². The molecule has 0 aliphatic carbocycles. The number of hydrogen-bond donors (Lipinski definition) is 0. The van der Waals surface area contributed by atoms with E-state index in [1.54, 1.807) is 0 Å². The van der Waals surface area contributed by atoms with Crippen LogP contribution >= 0.6 is 0 Å². The molecule has 0 spiro atoms. The first kappa shape index (κ1) is 15.3. The van der Waals surface area contributed by atoms with Crippen LogP contribution in [0.3, 0.4) is 0 Å². The average molecular weight is 371 g/mol. The largest absolute Gasteiger partial charge is 0.307 e. The van der Waals surface area contributed by atoms with Crippen molar-refractivity contribution in [1.29, 1.82) is 0 Å². The van der Waals surface area contributed by atoms with E-state index in [0.717, 1.165) is 0 Å². The lowest BCUT2D eigenvalue weighted by Crippen LogP contribution is -2.28. The van der Waals surface area contributed by atoms with Crippen LogP contribution in [0.15, 0.2) is 79.0 Å². The Balaban J connectivity index is 2.04. The van der Waals surface area contributed by atoms with E-state index >= 15 is 0 Å². The summed E-state index contributed by atoms with van der Waals surface area (Å²) in [5, 5.41) is 9.25. The minimum Gasteiger partial charge on any atom is -0.307 e. The molecular weight excluding hydrogens is 352 g/mol.